The third-order valence-corrected chi connectivity index (χ3v) is 9.87. The van der Waals surface area contributed by atoms with Crippen molar-refractivity contribution in [1.82, 2.24) is 10.6 Å². The second-order valence-corrected chi connectivity index (χ2v) is 11.8. The number of ether oxygens (including phenoxy) is 3. The fourth-order valence-corrected chi connectivity index (χ4v) is 7.76. The van der Waals surface area contributed by atoms with Gasteiger partial charge in [0.25, 0.3) is 0 Å². The number of carbonyl (C=O) groups excluding carboxylic acids is 2. The zero-order valence-corrected chi connectivity index (χ0v) is 23.9. The predicted octanol–water partition coefficient (Wildman–Crippen LogP) is 4.76. The number of carbonyl (C=O) groups is 2. The van der Waals surface area contributed by atoms with Crippen LogP contribution in [-0.4, -0.2) is 58.4 Å². The van der Waals surface area contributed by atoms with Gasteiger partial charge in [0, 0.05) is 19.7 Å². The van der Waals surface area contributed by atoms with Gasteiger partial charge in [0.15, 0.2) is 6.10 Å². The van der Waals surface area contributed by atoms with Gasteiger partial charge in [-0.1, -0.05) is 25.8 Å². The van der Waals surface area contributed by atoms with Gasteiger partial charge in [-0.15, -0.1) is 0 Å². The lowest BCUT2D eigenvalue weighted by Crippen LogP contribution is -2.48. The van der Waals surface area contributed by atoms with E-state index in [1.807, 2.05) is 0 Å². The number of esters is 1. The quantitative estimate of drug-likeness (QED) is 0.284. The molecule has 2 saturated carbocycles. The molecule has 1 aromatic carbocycles. The molecular weight excluding hydrogens is 480 g/mol. The summed E-state index contributed by atoms with van der Waals surface area (Å²) in [6.45, 7) is 4.27. The van der Waals surface area contributed by atoms with Crippen LogP contribution in [0.4, 0.5) is 0 Å². The third-order valence-electron chi connectivity index (χ3n) is 9.87. The average molecular weight is 529 g/mol. The molecule has 0 heterocycles. The molecule has 0 aromatic heterocycles. The highest BCUT2D eigenvalue weighted by Gasteiger charge is 2.54. The summed E-state index contributed by atoms with van der Waals surface area (Å²) in [4.78, 5) is 23.6. The van der Waals surface area contributed by atoms with Crippen LogP contribution in [0.3, 0.4) is 0 Å². The predicted molar refractivity (Wildman–Crippen MR) is 148 cm³/mol. The van der Waals surface area contributed by atoms with Crippen molar-refractivity contribution in [3.8, 4) is 5.75 Å². The van der Waals surface area contributed by atoms with Crippen LogP contribution in [0.1, 0.15) is 88.2 Å². The van der Waals surface area contributed by atoms with E-state index in [0.29, 0.717) is 18.0 Å². The molecule has 0 saturated heterocycles. The van der Waals surface area contributed by atoms with Crippen molar-refractivity contribution in [2.24, 2.45) is 17.3 Å². The molecule has 0 aliphatic heterocycles. The molecule has 7 nitrogen and oxygen atoms in total. The minimum absolute atomic E-state index is 0.00287. The Labute approximate surface area is 228 Å². The largest absolute Gasteiger partial charge is 0.497 e. The smallest absolute Gasteiger partial charge is 0.335 e. The van der Waals surface area contributed by atoms with Crippen molar-refractivity contribution in [2.45, 2.75) is 95.6 Å². The van der Waals surface area contributed by atoms with Gasteiger partial charge in [-0.05, 0) is 104 Å². The maximum Gasteiger partial charge on any atom is 0.335 e. The number of hydrogen-bond acceptors (Lipinski definition) is 6. The van der Waals surface area contributed by atoms with E-state index in [4.69, 9.17) is 9.47 Å². The summed E-state index contributed by atoms with van der Waals surface area (Å²) in [7, 11) is 4.47. The maximum atomic E-state index is 12.0. The Morgan fingerprint density at radius 2 is 1.82 bits per heavy atom. The molecule has 212 valence electrons. The second-order valence-electron chi connectivity index (χ2n) is 11.8. The van der Waals surface area contributed by atoms with Gasteiger partial charge in [0.05, 0.1) is 20.6 Å². The van der Waals surface area contributed by atoms with E-state index >= 15 is 0 Å². The highest BCUT2D eigenvalue weighted by Crippen LogP contribution is 2.61. The minimum Gasteiger partial charge on any atom is -0.497 e. The molecule has 38 heavy (non-hydrogen) atoms. The first kappa shape index (κ1) is 28.9. The molecule has 1 amide bonds. The van der Waals surface area contributed by atoms with Crippen LogP contribution in [0.5, 0.6) is 5.75 Å². The van der Waals surface area contributed by atoms with Crippen molar-refractivity contribution < 1.29 is 23.8 Å². The van der Waals surface area contributed by atoms with Gasteiger partial charge in [0.1, 0.15) is 5.75 Å². The first-order valence-corrected chi connectivity index (χ1v) is 14.7. The highest BCUT2D eigenvalue weighted by atomic mass is 16.6. The van der Waals surface area contributed by atoms with E-state index in [9.17, 15) is 9.59 Å². The molecule has 3 aliphatic rings. The molecule has 3 aliphatic carbocycles. The maximum absolute atomic E-state index is 12.0. The Kier molecular flexibility index (Phi) is 10.1. The molecule has 1 aromatic rings. The van der Waals surface area contributed by atoms with Gasteiger partial charge in [-0.25, -0.2) is 4.79 Å². The summed E-state index contributed by atoms with van der Waals surface area (Å²) in [6, 6.07) is 7.41. The van der Waals surface area contributed by atoms with Crippen molar-refractivity contribution in [1.29, 1.82) is 0 Å². The van der Waals surface area contributed by atoms with Gasteiger partial charge >= 0.3 is 5.97 Å². The van der Waals surface area contributed by atoms with E-state index in [2.05, 4.69) is 40.5 Å². The molecule has 4 rings (SSSR count). The van der Waals surface area contributed by atoms with Crippen LogP contribution in [-0.2, 0) is 25.5 Å². The lowest BCUT2D eigenvalue weighted by atomic mass is 9.55. The summed E-state index contributed by atoms with van der Waals surface area (Å²) in [5.41, 5.74) is 3.53. The topological polar surface area (TPSA) is 85.9 Å². The SMILES string of the molecule is COC(=O)C(CC(=O)NCCCCCCNC1CCC2C3CCc4cc(OC)ccc4C3CC[C@]12C)OC. The average Bonchev–Trinajstić information content (AvgIpc) is 3.28. The Morgan fingerprint density at radius 3 is 2.55 bits per heavy atom. The van der Waals surface area contributed by atoms with E-state index in [1.165, 1.54) is 64.7 Å². The van der Waals surface area contributed by atoms with Crippen LogP contribution >= 0.6 is 0 Å². The summed E-state index contributed by atoms with van der Waals surface area (Å²) in [5, 5.41) is 6.84. The standard InChI is InChI=1S/C31H48N2O5/c1-31-16-15-24-23-12-10-22(36-2)19-21(23)9-11-25(24)26(31)13-14-28(31)32-17-7-5-6-8-18-33-29(34)20-27(37-3)30(35)38-4/h10,12,19,24-28,32H,5-9,11,13-18,20H2,1-4H3,(H,33,34)/t24?,25?,26?,27?,28?,31-/m0/s1. The molecule has 0 bridgehead atoms. The van der Waals surface area contributed by atoms with Crippen LogP contribution in [0.15, 0.2) is 18.2 Å². The number of amides is 1. The second kappa shape index (κ2) is 13.3. The number of fused-ring (bicyclic) bond motifs is 5. The summed E-state index contributed by atoms with van der Waals surface area (Å²) < 4.78 is 15.2. The van der Waals surface area contributed by atoms with Crippen LogP contribution < -0.4 is 15.4 Å². The number of hydrogen-bond donors (Lipinski definition) is 2. The zero-order chi connectivity index (χ0) is 27.1. The van der Waals surface area contributed by atoms with E-state index in [-0.39, 0.29) is 12.3 Å². The van der Waals surface area contributed by atoms with E-state index in [1.54, 1.807) is 12.7 Å². The number of nitrogens with one attached hydrogen (secondary N) is 2. The molecule has 2 fully saturated rings. The minimum atomic E-state index is -0.837. The number of methoxy groups -OCH3 is 3. The Balaban J connectivity index is 1.14. The molecule has 6 atom stereocenters. The van der Waals surface area contributed by atoms with Crippen molar-refractivity contribution >= 4 is 11.9 Å². The van der Waals surface area contributed by atoms with Gasteiger partial charge in [-0.3, -0.25) is 4.79 Å². The summed E-state index contributed by atoms with van der Waals surface area (Å²) in [5.74, 6) is 2.67. The van der Waals surface area contributed by atoms with Crippen LogP contribution in [0.2, 0.25) is 0 Å². The Morgan fingerprint density at radius 1 is 1.03 bits per heavy atom. The van der Waals surface area contributed by atoms with Crippen LogP contribution in [0.25, 0.3) is 0 Å². The monoisotopic (exact) mass is 528 g/mol. The normalized spacial score (nSPS) is 28.5. The molecule has 0 spiro atoms. The molecule has 7 heteroatoms. The van der Waals surface area contributed by atoms with Crippen LogP contribution in [0, 0.1) is 17.3 Å². The third kappa shape index (κ3) is 6.36. The van der Waals surface area contributed by atoms with Gasteiger partial charge in [0.2, 0.25) is 5.91 Å². The van der Waals surface area contributed by atoms with E-state index < -0.39 is 12.1 Å². The number of benzene rings is 1. The van der Waals surface area contributed by atoms with Crippen molar-refractivity contribution in [2.75, 3.05) is 34.4 Å². The molecule has 2 N–H and O–H groups in total. The van der Waals surface area contributed by atoms with Gasteiger partial charge in [-0.2, -0.15) is 0 Å². The first-order valence-electron chi connectivity index (χ1n) is 14.7. The van der Waals surface area contributed by atoms with Crippen molar-refractivity contribution in [3.63, 3.8) is 0 Å². The number of rotatable bonds is 13. The molecular formula is C31H48N2O5. The molecule has 5 unspecified atom stereocenters. The number of aryl methyl sites for hydroxylation is 1. The molecule has 0 radical (unpaired) electrons. The summed E-state index contributed by atoms with van der Waals surface area (Å²) >= 11 is 0. The van der Waals surface area contributed by atoms with Gasteiger partial charge < -0.3 is 24.8 Å². The number of unbranched alkanes of at least 4 members (excludes halogenated alkanes) is 3. The van der Waals surface area contributed by atoms with Crippen molar-refractivity contribution in [3.05, 3.63) is 29.3 Å². The zero-order valence-electron chi connectivity index (χ0n) is 23.9. The first-order chi connectivity index (χ1) is 18.4. The lowest BCUT2D eigenvalue weighted by Gasteiger charge is -2.51. The fraction of sp³-hybridized carbons (Fsp3) is 0.742. The summed E-state index contributed by atoms with van der Waals surface area (Å²) in [6.07, 6.45) is 11.3. The lowest BCUT2D eigenvalue weighted by molar-refractivity contribution is -0.154. The Hall–Kier alpha value is -2.12. The highest BCUT2D eigenvalue weighted by molar-refractivity contribution is 5.84. The fourth-order valence-electron chi connectivity index (χ4n) is 7.76. The van der Waals surface area contributed by atoms with E-state index in [0.717, 1.165) is 49.3 Å². The Bertz CT molecular complexity index is 952.